The third-order valence-corrected chi connectivity index (χ3v) is 4.77. The molecule has 4 heterocycles. The van der Waals surface area contributed by atoms with Crippen molar-refractivity contribution in [2.45, 2.75) is 25.4 Å². The second-order valence-corrected chi connectivity index (χ2v) is 5.61. The van der Waals surface area contributed by atoms with E-state index in [0.29, 0.717) is 18.5 Å². The summed E-state index contributed by atoms with van der Waals surface area (Å²) in [6.07, 6.45) is 1.72. The van der Waals surface area contributed by atoms with E-state index in [1.54, 1.807) is 0 Å². The summed E-state index contributed by atoms with van der Waals surface area (Å²) in [7, 11) is 0. The van der Waals surface area contributed by atoms with Crippen molar-refractivity contribution in [3.63, 3.8) is 0 Å². The Balaban J connectivity index is 1.68. The topological polar surface area (TPSA) is 37.0 Å². The second kappa shape index (κ2) is 3.88. The summed E-state index contributed by atoms with van der Waals surface area (Å²) in [5, 5.41) is 7.12. The van der Waals surface area contributed by atoms with Crippen LogP contribution in [-0.4, -0.2) is 84.3 Å². The Hall–Kier alpha value is -0.240. The van der Waals surface area contributed by atoms with E-state index in [2.05, 4.69) is 37.2 Å². The molecule has 4 fully saturated rings. The SMILES string of the molecule is CC1NCN2CCN3CNCN4CCN1C2C34. The lowest BCUT2D eigenvalue weighted by Crippen LogP contribution is -2.82. The first kappa shape index (κ1) is 10.7. The van der Waals surface area contributed by atoms with Crippen molar-refractivity contribution in [2.24, 2.45) is 0 Å². The number of nitrogens with zero attached hydrogens (tertiary/aromatic N) is 4. The Bertz CT molecular complexity index is 304. The zero-order chi connectivity index (χ0) is 11.4. The molecule has 2 N–H and O–H groups in total. The van der Waals surface area contributed by atoms with Crippen LogP contribution in [0.1, 0.15) is 6.92 Å². The summed E-state index contributed by atoms with van der Waals surface area (Å²) in [6.45, 7) is 10.2. The van der Waals surface area contributed by atoms with Crippen molar-refractivity contribution < 1.29 is 0 Å². The molecule has 4 saturated heterocycles. The smallest absolute Gasteiger partial charge is 0.0945 e. The zero-order valence-electron chi connectivity index (χ0n) is 10.5. The minimum atomic E-state index is 0.522. The Morgan fingerprint density at radius 2 is 1.47 bits per heavy atom. The van der Waals surface area contributed by atoms with Crippen LogP contribution in [0.5, 0.6) is 0 Å². The lowest BCUT2D eigenvalue weighted by molar-refractivity contribution is -0.203. The highest BCUT2D eigenvalue weighted by molar-refractivity contribution is 4.99. The summed E-state index contributed by atoms with van der Waals surface area (Å²) in [4.78, 5) is 10.5. The van der Waals surface area contributed by atoms with Gasteiger partial charge in [0, 0.05) is 26.2 Å². The number of nitrogens with one attached hydrogen (secondary N) is 2. The summed E-state index contributed by atoms with van der Waals surface area (Å²) in [6, 6.07) is 0. The Morgan fingerprint density at radius 1 is 0.824 bits per heavy atom. The van der Waals surface area contributed by atoms with Crippen LogP contribution in [-0.2, 0) is 0 Å². The standard InChI is InChI=1S/C11H22N6/c1-9-13-8-16-3-2-14-6-12-7-15-4-5-17(9)11(16)10(14)15/h9-13H,2-8H2,1H3. The van der Waals surface area contributed by atoms with Crippen LogP contribution >= 0.6 is 0 Å². The van der Waals surface area contributed by atoms with Crippen LogP contribution in [0.2, 0.25) is 0 Å². The minimum Gasteiger partial charge on any atom is -0.291 e. The fraction of sp³-hybridized carbons (Fsp3) is 1.00. The number of rotatable bonds is 0. The molecule has 3 atom stereocenters. The minimum absolute atomic E-state index is 0.522. The fourth-order valence-electron chi connectivity index (χ4n) is 3.85. The normalized spacial score (nSPS) is 44.6. The van der Waals surface area contributed by atoms with Crippen LogP contribution in [0, 0.1) is 0 Å². The molecule has 0 radical (unpaired) electrons. The van der Waals surface area contributed by atoms with Crippen molar-refractivity contribution in [3.05, 3.63) is 0 Å². The number of piperazine rings is 2. The molecule has 4 aliphatic heterocycles. The van der Waals surface area contributed by atoms with Crippen molar-refractivity contribution in [3.8, 4) is 0 Å². The Kier molecular flexibility index (Phi) is 2.43. The van der Waals surface area contributed by atoms with Gasteiger partial charge in [-0.3, -0.25) is 30.2 Å². The molecule has 3 unspecified atom stereocenters. The predicted molar refractivity (Wildman–Crippen MR) is 64.7 cm³/mol. The monoisotopic (exact) mass is 238 g/mol. The molecule has 96 valence electrons. The maximum Gasteiger partial charge on any atom is 0.0945 e. The van der Waals surface area contributed by atoms with Crippen molar-refractivity contribution in [1.82, 2.24) is 30.2 Å². The molecule has 4 rings (SSSR count). The first-order valence-corrected chi connectivity index (χ1v) is 6.76. The third-order valence-electron chi connectivity index (χ3n) is 4.77. The second-order valence-electron chi connectivity index (χ2n) is 5.61. The molecule has 0 aromatic heterocycles. The van der Waals surface area contributed by atoms with Gasteiger partial charge in [-0.1, -0.05) is 0 Å². The molecule has 0 aromatic carbocycles. The molecule has 6 heteroatoms. The van der Waals surface area contributed by atoms with Gasteiger partial charge in [0.25, 0.3) is 0 Å². The van der Waals surface area contributed by atoms with Gasteiger partial charge >= 0.3 is 0 Å². The highest BCUT2D eigenvalue weighted by Crippen LogP contribution is 2.30. The van der Waals surface area contributed by atoms with E-state index < -0.39 is 0 Å². The van der Waals surface area contributed by atoms with E-state index in [1.807, 2.05) is 0 Å². The summed E-state index contributed by atoms with van der Waals surface area (Å²) < 4.78 is 0. The summed E-state index contributed by atoms with van der Waals surface area (Å²) in [5.74, 6) is 0. The van der Waals surface area contributed by atoms with Gasteiger partial charge in [-0.05, 0) is 6.92 Å². The van der Waals surface area contributed by atoms with Gasteiger partial charge in [-0.15, -0.1) is 0 Å². The van der Waals surface area contributed by atoms with Crippen molar-refractivity contribution in [2.75, 3.05) is 46.2 Å². The highest BCUT2D eigenvalue weighted by Gasteiger charge is 2.49. The maximum atomic E-state index is 3.60. The molecule has 0 amide bonds. The molecule has 0 bridgehead atoms. The first-order valence-electron chi connectivity index (χ1n) is 6.76. The quantitative estimate of drug-likeness (QED) is 0.524. The van der Waals surface area contributed by atoms with E-state index in [1.165, 1.54) is 26.2 Å². The van der Waals surface area contributed by atoms with Gasteiger partial charge in [0.15, 0.2) is 0 Å². The van der Waals surface area contributed by atoms with Gasteiger partial charge in [0.2, 0.25) is 0 Å². The molecular formula is C11H22N6. The first-order chi connectivity index (χ1) is 8.34. The van der Waals surface area contributed by atoms with Crippen LogP contribution in [0.15, 0.2) is 0 Å². The Morgan fingerprint density at radius 3 is 2.24 bits per heavy atom. The molecule has 0 aromatic rings. The molecule has 0 saturated carbocycles. The van der Waals surface area contributed by atoms with Gasteiger partial charge < -0.3 is 0 Å². The lowest BCUT2D eigenvalue weighted by atomic mass is 10.1. The van der Waals surface area contributed by atoms with E-state index >= 15 is 0 Å². The molecule has 17 heavy (non-hydrogen) atoms. The fourth-order valence-corrected chi connectivity index (χ4v) is 3.85. The Labute approximate surface area is 103 Å². The van der Waals surface area contributed by atoms with E-state index in [9.17, 15) is 0 Å². The van der Waals surface area contributed by atoms with E-state index in [-0.39, 0.29) is 0 Å². The van der Waals surface area contributed by atoms with Gasteiger partial charge in [-0.2, -0.15) is 0 Å². The maximum absolute atomic E-state index is 3.60. The van der Waals surface area contributed by atoms with Crippen molar-refractivity contribution >= 4 is 0 Å². The summed E-state index contributed by atoms with van der Waals surface area (Å²) >= 11 is 0. The molecule has 0 aliphatic carbocycles. The number of hydrogen-bond donors (Lipinski definition) is 2. The van der Waals surface area contributed by atoms with Crippen LogP contribution in [0.4, 0.5) is 0 Å². The predicted octanol–water partition coefficient (Wildman–Crippen LogP) is -1.70. The molecule has 0 spiro atoms. The molecule has 4 aliphatic rings. The summed E-state index contributed by atoms with van der Waals surface area (Å²) in [5.41, 5.74) is 0. The van der Waals surface area contributed by atoms with Crippen LogP contribution < -0.4 is 10.6 Å². The largest absolute Gasteiger partial charge is 0.291 e. The average molecular weight is 238 g/mol. The van der Waals surface area contributed by atoms with Gasteiger partial charge in [0.05, 0.1) is 38.5 Å². The van der Waals surface area contributed by atoms with Crippen molar-refractivity contribution in [1.29, 1.82) is 0 Å². The number of hydrogen-bond acceptors (Lipinski definition) is 6. The highest BCUT2D eigenvalue weighted by atomic mass is 15.6. The van der Waals surface area contributed by atoms with E-state index in [4.69, 9.17) is 0 Å². The van der Waals surface area contributed by atoms with Gasteiger partial charge in [-0.25, -0.2) is 0 Å². The molecule has 6 nitrogen and oxygen atoms in total. The van der Waals surface area contributed by atoms with E-state index in [0.717, 1.165) is 20.0 Å². The van der Waals surface area contributed by atoms with Crippen LogP contribution in [0.25, 0.3) is 0 Å². The molecular weight excluding hydrogens is 216 g/mol. The van der Waals surface area contributed by atoms with Crippen LogP contribution in [0.3, 0.4) is 0 Å². The average Bonchev–Trinajstić information content (AvgIpc) is 2.38. The van der Waals surface area contributed by atoms with Gasteiger partial charge in [0.1, 0.15) is 0 Å². The lowest BCUT2D eigenvalue weighted by Gasteiger charge is -2.63. The third kappa shape index (κ3) is 1.49. The zero-order valence-corrected chi connectivity index (χ0v) is 10.5.